The summed E-state index contributed by atoms with van der Waals surface area (Å²) >= 11 is 5.60. The minimum atomic E-state index is -3.59. The number of methoxy groups -OCH3 is 1. The minimum Gasteiger partial charge on any atom is -0.383 e. The Morgan fingerprint density at radius 3 is 2.82 bits per heavy atom. The van der Waals surface area contributed by atoms with Crippen LogP contribution >= 0.6 is 11.6 Å². The molecule has 8 heteroatoms. The van der Waals surface area contributed by atoms with Crippen molar-refractivity contribution in [2.75, 3.05) is 19.6 Å². The van der Waals surface area contributed by atoms with E-state index in [9.17, 15) is 8.42 Å². The standard InChI is InChI=1S/C9H16ClN3O3S/c1-7-11-5-9(12-7)17(14,15)13-8(3-4-10)6-16-2/h5,8,13H,3-4,6H2,1-2H3,(H,11,12). The number of imidazole rings is 1. The third kappa shape index (κ3) is 4.27. The SMILES string of the molecule is COCC(CCCl)NS(=O)(=O)c1cnc(C)[nH]1. The monoisotopic (exact) mass is 281 g/mol. The van der Waals surface area contributed by atoms with Gasteiger partial charge in [-0.1, -0.05) is 0 Å². The topological polar surface area (TPSA) is 84.1 Å². The fourth-order valence-corrected chi connectivity index (χ4v) is 2.82. The number of aromatic nitrogens is 2. The summed E-state index contributed by atoms with van der Waals surface area (Å²) in [5.41, 5.74) is 0. The van der Waals surface area contributed by atoms with Gasteiger partial charge in [0.15, 0.2) is 5.03 Å². The highest BCUT2D eigenvalue weighted by molar-refractivity contribution is 7.89. The Kier molecular flexibility index (Phi) is 5.38. The van der Waals surface area contributed by atoms with E-state index in [4.69, 9.17) is 16.3 Å². The van der Waals surface area contributed by atoms with Crippen LogP contribution in [0, 0.1) is 6.92 Å². The number of aromatic amines is 1. The normalized spacial score (nSPS) is 13.8. The summed E-state index contributed by atoms with van der Waals surface area (Å²) in [6, 6.07) is -0.342. The van der Waals surface area contributed by atoms with Crippen LogP contribution in [-0.4, -0.2) is 44.0 Å². The fourth-order valence-electron chi connectivity index (χ4n) is 1.33. The molecule has 1 aromatic heterocycles. The second-order valence-electron chi connectivity index (χ2n) is 3.58. The Hall–Kier alpha value is -0.630. The first-order valence-electron chi connectivity index (χ1n) is 5.08. The number of aryl methyl sites for hydroxylation is 1. The molecule has 1 rings (SSSR count). The van der Waals surface area contributed by atoms with Crippen molar-refractivity contribution in [2.24, 2.45) is 0 Å². The van der Waals surface area contributed by atoms with E-state index < -0.39 is 10.0 Å². The number of ether oxygens (including phenoxy) is 1. The number of nitrogens with zero attached hydrogens (tertiary/aromatic N) is 1. The molecule has 17 heavy (non-hydrogen) atoms. The van der Waals surface area contributed by atoms with Gasteiger partial charge in [0.1, 0.15) is 5.82 Å². The van der Waals surface area contributed by atoms with Crippen molar-refractivity contribution in [3.8, 4) is 0 Å². The molecule has 0 spiro atoms. The molecule has 0 saturated carbocycles. The quantitative estimate of drug-likeness (QED) is 0.719. The van der Waals surface area contributed by atoms with Crippen LogP contribution < -0.4 is 4.72 Å². The molecule has 1 unspecified atom stereocenters. The van der Waals surface area contributed by atoms with Crippen molar-refractivity contribution in [1.29, 1.82) is 0 Å². The van der Waals surface area contributed by atoms with Gasteiger partial charge in [-0.2, -0.15) is 0 Å². The van der Waals surface area contributed by atoms with Crippen LogP contribution in [0.2, 0.25) is 0 Å². The van der Waals surface area contributed by atoms with Gasteiger partial charge in [0.2, 0.25) is 0 Å². The van der Waals surface area contributed by atoms with E-state index >= 15 is 0 Å². The summed E-state index contributed by atoms with van der Waals surface area (Å²) < 4.78 is 31.3. The lowest BCUT2D eigenvalue weighted by molar-refractivity contribution is 0.173. The zero-order valence-electron chi connectivity index (χ0n) is 9.73. The van der Waals surface area contributed by atoms with Crippen molar-refractivity contribution in [2.45, 2.75) is 24.4 Å². The number of H-pyrrole nitrogens is 1. The predicted molar refractivity (Wildman–Crippen MR) is 64.6 cm³/mol. The Morgan fingerprint density at radius 1 is 1.65 bits per heavy atom. The van der Waals surface area contributed by atoms with Gasteiger partial charge in [0.25, 0.3) is 10.0 Å². The highest BCUT2D eigenvalue weighted by atomic mass is 35.5. The van der Waals surface area contributed by atoms with Crippen LogP contribution in [0.5, 0.6) is 0 Å². The Balaban J connectivity index is 2.77. The number of hydrogen-bond donors (Lipinski definition) is 2. The predicted octanol–water partition coefficient (Wildman–Crippen LogP) is 0.640. The number of sulfonamides is 1. The van der Waals surface area contributed by atoms with Crippen LogP contribution in [0.1, 0.15) is 12.2 Å². The van der Waals surface area contributed by atoms with Gasteiger partial charge in [-0.25, -0.2) is 18.1 Å². The maximum absolute atomic E-state index is 11.9. The van der Waals surface area contributed by atoms with Gasteiger partial charge in [-0.05, 0) is 13.3 Å². The molecule has 0 aromatic carbocycles. The average Bonchev–Trinajstić information content (AvgIpc) is 2.66. The summed E-state index contributed by atoms with van der Waals surface area (Å²) in [5, 5.41) is 0.0469. The number of rotatable bonds is 7. The molecule has 1 heterocycles. The smallest absolute Gasteiger partial charge is 0.257 e. The van der Waals surface area contributed by atoms with Gasteiger partial charge < -0.3 is 9.72 Å². The second-order valence-corrected chi connectivity index (χ2v) is 5.64. The molecular weight excluding hydrogens is 266 g/mol. The average molecular weight is 282 g/mol. The lowest BCUT2D eigenvalue weighted by Crippen LogP contribution is -2.38. The van der Waals surface area contributed by atoms with Gasteiger partial charge in [-0.15, -0.1) is 11.6 Å². The summed E-state index contributed by atoms with van der Waals surface area (Å²) in [6.07, 6.45) is 1.78. The van der Waals surface area contributed by atoms with Crippen molar-refractivity contribution in [3.05, 3.63) is 12.0 Å². The summed E-state index contributed by atoms with van der Waals surface area (Å²) in [6.45, 7) is 1.96. The highest BCUT2D eigenvalue weighted by Crippen LogP contribution is 2.07. The summed E-state index contributed by atoms with van der Waals surface area (Å²) in [7, 11) is -2.08. The molecule has 0 radical (unpaired) electrons. The molecule has 0 aliphatic carbocycles. The van der Waals surface area contributed by atoms with Crippen molar-refractivity contribution >= 4 is 21.6 Å². The van der Waals surface area contributed by atoms with Crippen LogP contribution in [-0.2, 0) is 14.8 Å². The third-order valence-corrected chi connectivity index (χ3v) is 3.76. The lowest BCUT2D eigenvalue weighted by Gasteiger charge is -2.15. The highest BCUT2D eigenvalue weighted by Gasteiger charge is 2.21. The van der Waals surface area contributed by atoms with Gasteiger partial charge in [0, 0.05) is 19.0 Å². The van der Waals surface area contributed by atoms with E-state index in [1.807, 2.05) is 0 Å². The molecular formula is C9H16ClN3O3S. The Bertz CT molecular complexity index is 440. The maximum Gasteiger partial charge on any atom is 0.257 e. The molecule has 1 aromatic rings. The van der Waals surface area contributed by atoms with Crippen LogP contribution in [0.3, 0.4) is 0 Å². The second kappa shape index (κ2) is 6.34. The van der Waals surface area contributed by atoms with Crippen molar-refractivity contribution < 1.29 is 13.2 Å². The number of halogens is 1. The van der Waals surface area contributed by atoms with Crippen molar-refractivity contribution in [3.63, 3.8) is 0 Å². The van der Waals surface area contributed by atoms with E-state index in [2.05, 4.69) is 14.7 Å². The molecule has 0 aliphatic rings. The minimum absolute atomic E-state index is 0.0469. The summed E-state index contributed by atoms with van der Waals surface area (Å²) in [5.74, 6) is 0.907. The molecule has 0 bridgehead atoms. The molecule has 98 valence electrons. The summed E-state index contributed by atoms with van der Waals surface area (Å²) in [4.78, 5) is 6.52. The first kappa shape index (κ1) is 14.4. The van der Waals surface area contributed by atoms with E-state index in [0.29, 0.717) is 18.1 Å². The van der Waals surface area contributed by atoms with Gasteiger partial charge >= 0.3 is 0 Å². The Labute approximate surface area is 106 Å². The molecule has 6 nitrogen and oxygen atoms in total. The maximum atomic E-state index is 11.9. The molecule has 1 atom stereocenters. The van der Waals surface area contributed by atoms with Crippen molar-refractivity contribution in [1.82, 2.24) is 14.7 Å². The van der Waals surface area contributed by atoms with Crippen LogP contribution in [0.15, 0.2) is 11.2 Å². The molecule has 0 fully saturated rings. The molecule has 0 saturated heterocycles. The number of hydrogen-bond acceptors (Lipinski definition) is 4. The fraction of sp³-hybridized carbons (Fsp3) is 0.667. The van der Waals surface area contributed by atoms with Gasteiger partial charge in [0.05, 0.1) is 12.8 Å². The molecule has 0 amide bonds. The largest absolute Gasteiger partial charge is 0.383 e. The van der Waals surface area contributed by atoms with Gasteiger partial charge in [-0.3, -0.25) is 0 Å². The first-order valence-corrected chi connectivity index (χ1v) is 7.10. The first-order chi connectivity index (χ1) is 7.99. The number of nitrogens with one attached hydrogen (secondary N) is 2. The van der Waals surface area contributed by atoms with E-state index in [0.717, 1.165) is 0 Å². The zero-order chi connectivity index (χ0) is 12.9. The van der Waals surface area contributed by atoms with E-state index in [1.165, 1.54) is 13.3 Å². The third-order valence-electron chi connectivity index (χ3n) is 2.12. The molecule has 0 aliphatic heterocycles. The van der Waals surface area contributed by atoms with E-state index in [1.54, 1.807) is 6.92 Å². The molecule has 2 N–H and O–H groups in total. The lowest BCUT2D eigenvalue weighted by atomic mass is 10.3. The van der Waals surface area contributed by atoms with Crippen LogP contribution in [0.25, 0.3) is 0 Å². The number of alkyl halides is 1. The van der Waals surface area contributed by atoms with E-state index in [-0.39, 0.29) is 17.7 Å². The van der Waals surface area contributed by atoms with Crippen LogP contribution in [0.4, 0.5) is 0 Å². The Morgan fingerprint density at radius 2 is 2.35 bits per heavy atom. The zero-order valence-corrected chi connectivity index (χ0v) is 11.3.